The molecule has 1 fully saturated rings. The van der Waals surface area contributed by atoms with Gasteiger partial charge in [-0.1, -0.05) is 30.3 Å². The first-order chi connectivity index (χ1) is 13.2. The SMILES string of the molecule is CC(C(=O)Nc1ccc(OC(F)(F)F)cc1)N1C[C@@H](N)[C@H](c2ccccc2)C1. The van der Waals surface area contributed by atoms with E-state index in [-0.39, 0.29) is 23.6 Å². The third kappa shape index (κ3) is 5.02. The predicted molar refractivity (Wildman–Crippen MR) is 99.9 cm³/mol. The molecule has 0 saturated carbocycles. The highest BCUT2D eigenvalue weighted by molar-refractivity contribution is 5.94. The van der Waals surface area contributed by atoms with Gasteiger partial charge in [-0.2, -0.15) is 0 Å². The van der Waals surface area contributed by atoms with Crippen LogP contribution < -0.4 is 15.8 Å². The monoisotopic (exact) mass is 393 g/mol. The average Bonchev–Trinajstić information content (AvgIpc) is 3.04. The molecule has 1 heterocycles. The van der Waals surface area contributed by atoms with E-state index in [1.807, 2.05) is 35.2 Å². The van der Waals surface area contributed by atoms with Crippen molar-refractivity contribution in [3.8, 4) is 5.75 Å². The first-order valence-electron chi connectivity index (χ1n) is 8.94. The summed E-state index contributed by atoms with van der Waals surface area (Å²) >= 11 is 0. The number of carbonyl (C=O) groups excluding carboxylic acids is 1. The van der Waals surface area contributed by atoms with Crippen molar-refractivity contribution >= 4 is 11.6 Å². The predicted octanol–water partition coefficient (Wildman–Crippen LogP) is 3.34. The highest BCUT2D eigenvalue weighted by Gasteiger charge is 2.35. The number of alkyl halides is 3. The number of hydrogen-bond donors (Lipinski definition) is 2. The Kier molecular flexibility index (Phi) is 5.90. The van der Waals surface area contributed by atoms with Crippen molar-refractivity contribution in [2.75, 3.05) is 18.4 Å². The number of likely N-dealkylation sites (tertiary alicyclic amines) is 1. The van der Waals surface area contributed by atoms with Crippen molar-refractivity contribution in [2.24, 2.45) is 5.73 Å². The summed E-state index contributed by atoms with van der Waals surface area (Å²) in [6, 6.07) is 14.5. The van der Waals surface area contributed by atoms with Crippen molar-refractivity contribution in [1.29, 1.82) is 0 Å². The van der Waals surface area contributed by atoms with Crippen molar-refractivity contribution in [3.63, 3.8) is 0 Å². The highest BCUT2D eigenvalue weighted by Crippen LogP contribution is 2.28. The van der Waals surface area contributed by atoms with Crippen LogP contribution in [0.15, 0.2) is 54.6 Å². The molecule has 1 aliphatic rings. The standard InChI is InChI=1S/C20H22F3N3O2/c1-13(26-11-17(18(24)12-26)14-5-3-2-4-6-14)19(27)25-15-7-9-16(10-8-15)28-20(21,22)23/h2-10,13,17-18H,11-12,24H2,1H3,(H,25,27)/t13?,17-,18+/m0/s1. The largest absolute Gasteiger partial charge is 0.573 e. The van der Waals surface area contributed by atoms with Crippen LogP contribution in [0.25, 0.3) is 0 Å². The minimum atomic E-state index is -4.75. The Balaban J connectivity index is 1.59. The number of carbonyl (C=O) groups is 1. The van der Waals surface area contributed by atoms with Crippen LogP contribution in [-0.4, -0.2) is 42.3 Å². The molecule has 1 unspecified atom stereocenters. The lowest BCUT2D eigenvalue weighted by Gasteiger charge is -2.23. The van der Waals surface area contributed by atoms with Gasteiger partial charge < -0.3 is 15.8 Å². The van der Waals surface area contributed by atoms with Crippen LogP contribution in [0.3, 0.4) is 0 Å². The summed E-state index contributed by atoms with van der Waals surface area (Å²) in [7, 11) is 0. The van der Waals surface area contributed by atoms with Gasteiger partial charge in [-0.05, 0) is 36.8 Å². The molecule has 28 heavy (non-hydrogen) atoms. The third-order valence-electron chi connectivity index (χ3n) is 4.90. The molecular formula is C20H22F3N3O2. The molecule has 150 valence electrons. The summed E-state index contributed by atoms with van der Waals surface area (Å²) in [4.78, 5) is 14.6. The van der Waals surface area contributed by atoms with Gasteiger partial charge in [0.25, 0.3) is 0 Å². The smallest absolute Gasteiger partial charge is 0.406 e. The second-order valence-corrected chi connectivity index (χ2v) is 6.87. The molecule has 0 aliphatic carbocycles. The van der Waals surface area contributed by atoms with E-state index in [2.05, 4.69) is 10.1 Å². The molecule has 0 spiro atoms. The van der Waals surface area contributed by atoms with E-state index >= 15 is 0 Å². The highest BCUT2D eigenvalue weighted by atomic mass is 19.4. The van der Waals surface area contributed by atoms with Gasteiger partial charge in [-0.15, -0.1) is 13.2 Å². The summed E-state index contributed by atoms with van der Waals surface area (Å²) in [6.07, 6.45) is -4.75. The molecule has 2 aromatic carbocycles. The lowest BCUT2D eigenvalue weighted by atomic mass is 9.95. The fourth-order valence-electron chi connectivity index (χ4n) is 3.38. The number of rotatable bonds is 5. The molecule has 1 amide bonds. The van der Waals surface area contributed by atoms with E-state index < -0.39 is 12.4 Å². The van der Waals surface area contributed by atoms with Gasteiger partial charge >= 0.3 is 6.36 Å². The number of nitrogens with one attached hydrogen (secondary N) is 1. The number of nitrogens with zero attached hydrogens (tertiary/aromatic N) is 1. The minimum Gasteiger partial charge on any atom is -0.406 e. The molecule has 2 aromatic rings. The summed E-state index contributed by atoms with van der Waals surface area (Å²) in [5.41, 5.74) is 7.82. The first kappa shape index (κ1) is 20.2. The van der Waals surface area contributed by atoms with E-state index in [4.69, 9.17) is 5.73 Å². The maximum absolute atomic E-state index is 12.6. The van der Waals surface area contributed by atoms with Crippen LogP contribution >= 0.6 is 0 Å². The summed E-state index contributed by atoms with van der Waals surface area (Å²) in [5, 5.41) is 2.72. The lowest BCUT2D eigenvalue weighted by Crippen LogP contribution is -2.41. The number of benzene rings is 2. The number of hydrogen-bond acceptors (Lipinski definition) is 4. The molecule has 1 saturated heterocycles. The molecule has 0 aromatic heterocycles. The molecule has 3 N–H and O–H groups in total. The van der Waals surface area contributed by atoms with Crippen LogP contribution in [-0.2, 0) is 4.79 Å². The second-order valence-electron chi connectivity index (χ2n) is 6.87. The Morgan fingerprint density at radius 1 is 1.14 bits per heavy atom. The average molecular weight is 393 g/mol. The second kappa shape index (κ2) is 8.20. The van der Waals surface area contributed by atoms with Gasteiger partial charge in [0.15, 0.2) is 0 Å². The quantitative estimate of drug-likeness (QED) is 0.818. The number of ether oxygens (including phenoxy) is 1. The van der Waals surface area contributed by atoms with E-state index in [9.17, 15) is 18.0 Å². The van der Waals surface area contributed by atoms with E-state index in [1.165, 1.54) is 12.1 Å². The summed E-state index contributed by atoms with van der Waals surface area (Å²) < 4.78 is 40.4. The third-order valence-corrected chi connectivity index (χ3v) is 4.90. The van der Waals surface area contributed by atoms with E-state index in [0.29, 0.717) is 18.8 Å². The molecule has 5 nitrogen and oxygen atoms in total. The fourth-order valence-corrected chi connectivity index (χ4v) is 3.38. The van der Waals surface area contributed by atoms with Crippen molar-refractivity contribution in [2.45, 2.75) is 31.3 Å². The molecule has 0 radical (unpaired) electrons. The van der Waals surface area contributed by atoms with Crippen molar-refractivity contribution in [3.05, 3.63) is 60.2 Å². The number of nitrogens with two attached hydrogens (primary N) is 1. The van der Waals surface area contributed by atoms with Gasteiger partial charge in [0.1, 0.15) is 5.75 Å². The van der Waals surface area contributed by atoms with Crippen LogP contribution in [0, 0.1) is 0 Å². The Morgan fingerprint density at radius 2 is 1.79 bits per heavy atom. The first-order valence-corrected chi connectivity index (χ1v) is 8.94. The molecule has 3 atom stereocenters. The maximum Gasteiger partial charge on any atom is 0.573 e. The Hall–Kier alpha value is -2.58. The Morgan fingerprint density at radius 3 is 2.39 bits per heavy atom. The van der Waals surface area contributed by atoms with Crippen LogP contribution in [0.5, 0.6) is 5.75 Å². The molecule has 1 aliphatic heterocycles. The fraction of sp³-hybridized carbons (Fsp3) is 0.350. The molecule has 8 heteroatoms. The Labute approximate surface area is 161 Å². The molecule has 0 bridgehead atoms. The van der Waals surface area contributed by atoms with Crippen LogP contribution in [0.1, 0.15) is 18.4 Å². The van der Waals surface area contributed by atoms with E-state index in [1.54, 1.807) is 6.92 Å². The molecule has 3 rings (SSSR count). The molecular weight excluding hydrogens is 371 g/mol. The van der Waals surface area contributed by atoms with E-state index in [0.717, 1.165) is 17.7 Å². The van der Waals surface area contributed by atoms with Gasteiger partial charge in [0.05, 0.1) is 6.04 Å². The van der Waals surface area contributed by atoms with Crippen molar-refractivity contribution < 1.29 is 22.7 Å². The minimum absolute atomic E-state index is 0.0727. The number of halogens is 3. The zero-order chi connectivity index (χ0) is 20.3. The van der Waals surface area contributed by atoms with Crippen LogP contribution in [0.4, 0.5) is 18.9 Å². The zero-order valence-electron chi connectivity index (χ0n) is 15.3. The van der Waals surface area contributed by atoms with Crippen molar-refractivity contribution in [1.82, 2.24) is 4.90 Å². The number of anilines is 1. The summed E-state index contributed by atoms with van der Waals surface area (Å²) in [5.74, 6) is -0.435. The van der Waals surface area contributed by atoms with Gasteiger partial charge in [0.2, 0.25) is 5.91 Å². The summed E-state index contributed by atoms with van der Waals surface area (Å²) in [6.45, 7) is 3.04. The van der Waals surface area contributed by atoms with Gasteiger partial charge in [0, 0.05) is 30.7 Å². The maximum atomic E-state index is 12.6. The Bertz CT molecular complexity index is 797. The number of amides is 1. The normalized spacial score (nSPS) is 21.3. The van der Waals surface area contributed by atoms with Crippen LogP contribution in [0.2, 0.25) is 0 Å². The topological polar surface area (TPSA) is 67.6 Å². The lowest BCUT2D eigenvalue weighted by molar-refractivity contribution is -0.274. The van der Waals surface area contributed by atoms with Gasteiger partial charge in [-0.3, -0.25) is 9.69 Å². The zero-order valence-corrected chi connectivity index (χ0v) is 15.3. The van der Waals surface area contributed by atoms with Gasteiger partial charge in [-0.25, -0.2) is 0 Å².